The minimum atomic E-state index is -1.22. The number of hydrogen-bond donors (Lipinski definition) is 2. The van der Waals surface area contributed by atoms with Crippen molar-refractivity contribution in [1.82, 2.24) is 0 Å². The van der Waals surface area contributed by atoms with E-state index >= 15 is 0 Å². The smallest absolute Gasteiger partial charge is 0.336 e. The summed E-state index contributed by atoms with van der Waals surface area (Å²) in [5.41, 5.74) is 7.62. The van der Waals surface area contributed by atoms with Gasteiger partial charge in [-0.1, -0.05) is 30.3 Å². The van der Waals surface area contributed by atoms with E-state index < -0.39 is 5.97 Å². The summed E-state index contributed by atoms with van der Waals surface area (Å²) in [6, 6.07) is 12.4. The van der Waals surface area contributed by atoms with Gasteiger partial charge in [-0.15, -0.1) is 0 Å². The van der Waals surface area contributed by atoms with Crippen LogP contribution in [0.4, 0.5) is 5.69 Å². The molecule has 180 valence electrons. The van der Waals surface area contributed by atoms with Crippen LogP contribution in [-0.2, 0) is 6.61 Å². The van der Waals surface area contributed by atoms with Gasteiger partial charge in [-0.3, -0.25) is 0 Å². The summed E-state index contributed by atoms with van der Waals surface area (Å²) in [6.07, 6.45) is 0. The largest absolute Gasteiger partial charge is 0.493 e. The normalized spacial score (nSPS) is 10.4. The van der Waals surface area contributed by atoms with Gasteiger partial charge in [-0.2, -0.15) is 0 Å². The van der Waals surface area contributed by atoms with Crippen LogP contribution < -0.4 is 34.2 Å². The second-order valence-corrected chi connectivity index (χ2v) is 7.06. The Labute approximate surface area is 197 Å². The Morgan fingerprint density at radius 2 is 1.41 bits per heavy atom. The van der Waals surface area contributed by atoms with Crippen molar-refractivity contribution in [3.63, 3.8) is 0 Å². The second kappa shape index (κ2) is 10.6. The van der Waals surface area contributed by atoms with E-state index in [-0.39, 0.29) is 52.2 Å². The van der Waals surface area contributed by atoms with Gasteiger partial charge in [0.2, 0.25) is 11.5 Å². The molecule has 34 heavy (non-hydrogen) atoms. The summed E-state index contributed by atoms with van der Waals surface area (Å²) in [7, 11) is 7.20. The lowest BCUT2D eigenvalue weighted by atomic mass is 9.95. The van der Waals surface area contributed by atoms with Gasteiger partial charge in [0.25, 0.3) is 0 Å². The van der Waals surface area contributed by atoms with Gasteiger partial charge in [0.1, 0.15) is 6.61 Å². The fourth-order valence-corrected chi connectivity index (χ4v) is 3.69. The minimum absolute atomic E-state index is 0.111. The molecule has 3 aromatic rings. The van der Waals surface area contributed by atoms with Gasteiger partial charge in [0, 0.05) is 11.1 Å². The number of carboxylic acid groups (broad SMARTS) is 1. The molecule has 0 heterocycles. The zero-order chi connectivity index (χ0) is 24.8. The van der Waals surface area contributed by atoms with Crippen LogP contribution in [0.15, 0.2) is 42.5 Å². The standard InChI is InChI=1S/C25H27NO8/c1-29-18-12-15(20(30-2)24(33-5)22(18)31-3)19-16(25(27)28)11-17(26)21(23(19)32-4)34-13-14-9-7-6-8-10-14/h6-12H,13,26H2,1-5H3,(H,27,28). The third-order valence-corrected chi connectivity index (χ3v) is 5.18. The Morgan fingerprint density at radius 1 is 0.794 bits per heavy atom. The number of nitrogens with two attached hydrogens (primary N) is 1. The van der Waals surface area contributed by atoms with Crippen molar-refractivity contribution in [3.8, 4) is 45.6 Å². The predicted octanol–water partition coefficient (Wildman–Crippen LogP) is 4.26. The third kappa shape index (κ3) is 4.45. The summed E-state index contributed by atoms with van der Waals surface area (Å²) < 4.78 is 33.7. The molecule has 0 radical (unpaired) electrons. The quantitative estimate of drug-likeness (QED) is 0.420. The number of benzene rings is 3. The maximum atomic E-state index is 12.3. The van der Waals surface area contributed by atoms with E-state index in [1.807, 2.05) is 30.3 Å². The number of anilines is 1. The van der Waals surface area contributed by atoms with E-state index in [1.54, 1.807) is 6.07 Å². The number of ether oxygens (including phenoxy) is 6. The van der Waals surface area contributed by atoms with Crippen LogP contribution in [0.1, 0.15) is 15.9 Å². The molecule has 0 bridgehead atoms. The predicted molar refractivity (Wildman–Crippen MR) is 127 cm³/mol. The van der Waals surface area contributed by atoms with Gasteiger partial charge in [-0.25, -0.2) is 4.79 Å². The van der Waals surface area contributed by atoms with Crippen molar-refractivity contribution in [2.24, 2.45) is 0 Å². The molecule has 0 saturated heterocycles. The molecule has 0 aliphatic rings. The van der Waals surface area contributed by atoms with Crippen LogP contribution >= 0.6 is 0 Å². The monoisotopic (exact) mass is 469 g/mol. The van der Waals surface area contributed by atoms with Crippen molar-refractivity contribution in [1.29, 1.82) is 0 Å². The highest BCUT2D eigenvalue weighted by Crippen LogP contribution is 2.54. The lowest BCUT2D eigenvalue weighted by Gasteiger charge is -2.23. The second-order valence-electron chi connectivity index (χ2n) is 7.06. The molecule has 3 rings (SSSR count). The highest BCUT2D eigenvalue weighted by atomic mass is 16.5. The van der Waals surface area contributed by atoms with Crippen molar-refractivity contribution in [3.05, 3.63) is 53.6 Å². The van der Waals surface area contributed by atoms with Gasteiger partial charge in [-0.05, 0) is 17.7 Å². The first kappa shape index (κ1) is 24.4. The average molecular weight is 469 g/mol. The van der Waals surface area contributed by atoms with Gasteiger partial charge in [0.15, 0.2) is 23.0 Å². The molecule has 0 aromatic heterocycles. The molecule has 0 spiro atoms. The topological polar surface area (TPSA) is 119 Å². The van der Waals surface area contributed by atoms with Gasteiger partial charge >= 0.3 is 5.97 Å². The molecular weight excluding hydrogens is 442 g/mol. The van der Waals surface area contributed by atoms with E-state index in [9.17, 15) is 9.90 Å². The zero-order valence-electron chi connectivity index (χ0n) is 19.6. The molecule has 0 unspecified atom stereocenters. The number of hydrogen-bond acceptors (Lipinski definition) is 8. The first-order valence-corrected chi connectivity index (χ1v) is 10.2. The summed E-state index contributed by atoms with van der Waals surface area (Å²) in [4.78, 5) is 12.3. The van der Waals surface area contributed by atoms with E-state index in [0.717, 1.165) is 5.56 Å². The maximum Gasteiger partial charge on any atom is 0.336 e. The summed E-state index contributed by atoms with van der Waals surface area (Å²) in [5, 5.41) is 10.0. The van der Waals surface area contributed by atoms with Crippen molar-refractivity contribution >= 4 is 11.7 Å². The van der Waals surface area contributed by atoms with Crippen LogP contribution in [-0.4, -0.2) is 46.6 Å². The molecule has 0 amide bonds. The molecule has 0 atom stereocenters. The van der Waals surface area contributed by atoms with Crippen LogP contribution in [0.3, 0.4) is 0 Å². The Morgan fingerprint density at radius 3 is 1.94 bits per heavy atom. The molecule has 0 fully saturated rings. The van der Waals surface area contributed by atoms with E-state index in [1.165, 1.54) is 41.6 Å². The summed E-state index contributed by atoms with van der Waals surface area (Å²) in [5.74, 6) is 0.143. The van der Waals surface area contributed by atoms with Crippen molar-refractivity contribution in [2.75, 3.05) is 41.3 Å². The van der Waals surface area contributed by atoms with E-state index in [0.29, 0.717) is 11.3 Å². The summed E-state index contributed by atoms with van der Waals surface area (Å²) >= 11 is 0. The first-order chi connectivity index (χ1) is 16.4. The van der Waals surface area contributed by atoms with Crippen LogP contribution in [0.25, 0.3) is 11.1 Å². The Kier molecular flexibility index (Phi) is 7.57. The number of aromatic carboxylic acids is 1. The fourth-order valence-electron chi connectivity index (χ4n) is 3.69. The first-order valence-electron chi connectivity index (χ1n) is 10.2. The molecule has 9 nitrogen and oxygen atoms in total. The lowest BCUT2D eigenvalue weighted by molar-refractivity contribution is 0.0697. The average Bonchev–Trinajstić information content (AvgIpc) is 2.86. The number of carboxylic acids is 1. The van der Waals surface area contributed by atoms with E-state index in [4.69, 9.17) is 34.2 Å². The highest BCUT2D eigenvalue weighted by molar-refractivity contribution is 6.02. The van der Waals surface area contributed by atoms with Crippen LogP contribution in [0.5, 0.6) is 34.5 Å². The number of rotatable bonds is 10. The van der Waals surface area contributed by atoms with E-state index in [2.05, 4.69) is 0 Å². The molecule has 0 aliphatic heterocycles. The van der Waals surface area contributed by atoms with Gasteiger partial charge in [0.05, 0.1) is 46.8 Å². The number of methoxy groups -OCH3 is 5. The molecule has 0 aliphatic carbocycles. The summed E-state index contributed by atoms with van der Waals surface area (Å²) in [6.45, 7) is 0.194. The Bertz CT molecular complexity index is 1180. The highest BCUT2D eigenvalue weighted by Gasteiger charge is 2.30. The van der Waals surface area contributed by atoms with Crippen molar-refractivity contribution in [2.45, 2.75) is 6.61 Å². The Hall–Kier alpha value is -4.27. The third-order valence-electron chi connectivity index (χ3n) is 5.18. The van der Waals surface area contributed by atoms with Crippen molar-refractivity contribution < 1.29 is 38.3 Å². The number of nitrogen functional groups attached to an aromatic ring is 1. The molecule has 3 N–H and O–H groups in total. The fraction of sp³-hybridized carbons (Fsp3) is 0.240. The molecule has 9 heteroatoms. The molecular formula is C25H27NO8. The Balaban J connectivity index is 2.33. The lowest BCUT2D eigenvalue weighted by Crippen LogP contribution is -2.09. The van der Waals surface area contributed by atoms with Gasteiger partial charge < -0.3 is 39.3 Å². The number of carbonyl (C=O) groups is 1. The van der Waals surface area contributed by atoms with Crippen LogP contribution in [0, 0.1) is 0 Å². The molecule has 0 saturated carbocycles. The maximum absolute atomic E-state index is 12.3. The van der Waals surface area contributed by atoms with Crippen LogP contribution in [0.2, 0.25) is 0 Å². The zero-order valence-corrected chi connectivity index (χ0v) is 19.6. The minimum Gasteiger partial charge on any atom is -0.493 e. The molecule has 3 aromatic carbocycles. The SMILES string of the molecule is COc1cc(-c2c(C(=O)O)cc(N)c(OCc3ccccc3)c2OC)c(OC)c(OC)c1OC.